The number of thiophene rings is 1. The molecule has 0 saturated heterocycles. The van der Waals surface area contributed by atoms with Crippen LogP contribution in [0.15, 0.2) is 33.0 Å². The van der Waals surface area contributed by atoms with E-state index >= 15 is 0 Å². The number of amides is 1. The lowest BCUT2D eigenvalue weighted by Crippen LogP contribution is -2.28. The van der Waals surface area contributed by atoms with Crippen LogP contribution in [0.5, 0.6) is 0 Å². The minimum Gasteiger partial charge on any atom is -0.355 e. The number of unbranched alkanes of at least 4 members (excludes halogenated alkanes) is 1. The van der Waals surface area contributed by atoms with E-state index in [9.17, 15) is 9.59 Å². The zero-order valence-corrected chi connectivity index (χ0v) is 17.5. The van der Waals surface area contributed by atoms with Crippen LogP contribution in [0.25, 0.3) is 10.2 Å². The van der Waals surface area contributed by atoms with Gasteiger partial charge in [-0.25, -0.2) is 4.98 Å². The van der Waals surface area contributed by atoms with Crippen molar-refractivity contribution in [2.45, 2.75) is 63.6 Å². The second-order valence-electron chi connectivity index (χ2n) is 6.84. The Morgan fingerprint density at radius 2 is 2.30 bits per heavy atom. The van der Waals surface area contributed by atoms with Gasteiger partial charge in [-0.2, -0.15) is 0 Å². The molecule has 0 atom stereocenters. The average Bonchev–Trinajstić information content (AvgIpc) is 3.15. The highest BCUT2D eigenvalue weighted by Gasteiger charge is 2.14. The smallest absolute Gasteiger partial charge is 0.272 e. The number of hydrogen-bond donors (Lipinski definition) is 1. The van der Waals surface area contributed by atoms with E-state index in [0.717, 1.165) is 24.8 Å². The third kappa shape index (κ3) is 5.45. The minimum atomic E-state index is -0.00174. The van der Waals surface area contributed by atoms with Crippen LogP contribution in [0.3, 0.4) is 0 Å². The summed E-state index contributed by atoms with van der Waals surface area (Å²) in [5.74, 6) is 0.283. The first-order chi connectivity index (χ1) is 13.2. The first-order valence-electron chi connectivity index (χ1n) is 9.74. The largest absolute Gasteiger partial charge is 0.355 e. The molecule has 0 unspecified atom stereocenters. The quantitative estimate of drug-likeness (QED) is 0.382. The number of nitrogens with one attached hydrogen (secondary N) is 1. The van der Waals surface area contributed by atoms with Crippen LogP contribution >= 0.6 is 23.1 Å². The molecule has 2 aromatic rings. The van der Waals surface area contributed by atoms with Crippen molar-refractivity contribution in [2.24, 2.45) is 0 Å². The number of aromatic nitrogens is 2. The van der Waals surface area contributed by atoms with Gasteiger partial charge in [0.25, 0.3) is 5.56 Å². The molecule has 0 bridgehead atoms. The number of nitrogens with zero attached hydrogens (tertiary/aromatic N) is 2. The fourth-order valence-electron chi connectivity index (χ4n) is 3.22. The monoisotopic (exact) mass is 405 g/mol. The molecule has 1 amide bonds. The molecule has 2 heterocycles. The minimum absolute atomic E-state index is 0.00174. The summed E-state index contributed by atoms with van der Waals surface area (Å²) in [6.45, 7) is 3.43. The summed E-state index contributed by atoms with van der Waals surface area (Å²) >= 11 is 2.78. The van der Waals surface area contributed by atoms with Crippen LogP contribution in [0.4, 0.5) is 0 Å². The first kappa shape index (κ1) is 20.1. The lowest BCUT2D eigenvalue weighted by molar-refractivity contribution is -0.118. The van der Waals surface area contributed by atoms with Crippen LogP contribution in [0.1, 0.15) is 51.9 Å². The number of thioether (sulfide) groups is 1. The van der Waals surface area contributed by atoms with E-state index in [1.807, 2.05) is 11.4 Å². The average molecular weight is 406 g/mol. The van der Waals surface area contributed by atoms with Gasteiger partial charge in [-0.3, -0.25) is 14.2 Å². The van der Waals surface area contributed by atoms with E-state index in [4.69, 9.17) is 0 Å². The standard InChI is InChI=1S/C20H27N3O2S2/c1-2-3-12-23-19(25)18-16(10-13-26-18)22-20(23)27-14-17(24)21-11-9-15-7-5-4-6-8-15/h7,10,13H,2-6,8-9,11-12,14H2,1H3,(H,21,24). The summed E-state index contributed by atoms with van der Waals surface area (Å²) < 4.78 is 2.42. The van der Waals surface area contributed by atoms with E-state index in [-0.39, 0.29) is 17.2 Å². The molecule has 1 aliphatic rings. The molecule has 0 aromatic carbocycles. The van der Waals surface area contributed by atoms with Gasteiger partial charge in [-0.05, 0) is 50.0 Å². The Kier molecular flexibility index (Phi) is 7.52. The maximum absolute atomic E-state index is 12.7. The van der Waals surface area contributed by atoms with Gasteiger partial charge in [-0.1, -0.05) is 36.8 Å². The Hall–Kier alpha value is -1.60. The van der Waals surface area contributed by atoms with E-state index in [1.54, 1.807) is 4.57 Å². The molecule has 27 heavy (non-hydrogen) atoms. The van der Waals surface area contributed by atoms with E-state index in [0.29, 0.717) is 22.9 Å². The van der Waals surface area contributed by atoms with Crippen molar-refractivity contribution in [3.05, 3.63) is 33.4 Å². The Morgan fingerprint density at radius 3 is 3.07 bits per heavy atom. The molecule has 0 saturated carbocycles. The zero-order chi connectivity index (χ0) is 19.1. The second-order valence-corrected chi connectivity index (χ2v) is 8.70. The third-order valence-corrected chi connectivity index (χ3v) is 6.62. The zero-order valence-electron chi connectivity index (χ0n) is 15.8. The van der Waals surface area contributed by atoms with Crippen molar-refractivity contribution < 1.29 is 4.79 Å². The summed E-state index contributed by atoms with van der Waals surface area (Å²) in [5, 5.41) is 5.53. The molecule has 1 N–H and O–H groups in total. The number of rotatable bonds is 9. The SMILES string of the molecule is CCCCn1c(SCC(=O)NCCC2=CCCCC2)nc2ccsc2c1=O. The maximum Gasteiger partial charge on any atom is 0.272 e. The van der Waals surface area contributed by atoms with Gasteiger partial charge in [0.2, 0.25) is 5.91 Å². The van der Waals surface area contributed by atoms with Crippen molar-refractivity contribution in [3.63, 3.8) is 0 Å². The molecule has 2 aromatic heterocycles. The van der Waals surface area contributed by atoms with E-state index < -0.39 is 0 Å². The predicted molar refractivity (Wildman–Crippen MR) is 114 cm³/mol. The predicted octanol–water partition coefficient (Wildman–Crippen LogP) is 4.36. The molecule has 0 aliphatic heterocycles. The summed E-state index contributed by atoms with van der Waals surface area (Å²) in [4.78, 5) is 29.6. The first-order valence-corrected chi connectivity index (χ1v) is 11.6. The second kappa shape index (κ2) is 10.1. The number of carbonyl (C=O) groups is 1. The maximum atomic E-state index is 12.7. The fraction of sp³-hybridized carbons (Fsp3) is 0.550. The Morgan fingerprint density at radius 1 is 1.41 bits per heavy atom. The third-order valence-electron chi connectivity index (χ3n) is 4.75. The summed E-state index contributed by atoms with van der Waals surface area (Å²) in [7, 11) is 0. The topological polar surface area (TPSA) is 64.0 Å². The molecule has 7 heteroatoms. The highest BCUT2D eigenvalue weighted by molar-refractivity contribution is 7.99. The van der Waals surface area contributed by atoms with Gasteiger partial charge in [0.15, 0.2) is 5.16 Å². The Balaban J connectivity index is 1.59. The van der Waals surface area contributed by atoms with Crippen molar-refractivity contribution >= 4 is 39.2 Å². The number of carbonyl (C=O) groups excluding carboxylic acids is 1. The lowest BCUT2D eigenvalue weighted by Gasteiger charge is -2.13. The number of hydrogen-bond acceptors (Lipinski definition) is 5. The molecule has 146 valence electrons. The van der Waals surface area contributed by atoms with Gasteiger partial charge in [0, 0.05) is 13.1 Å². The Bertz CT molecular complexity index is 870. The number of allylic oxidation sites excluding steroid dienone is 1. The normalized spacial score (nSPS) is 14.3. The van der Waals surface area contributed by atoms with Crippen LogP contribution in [0.2, 0.25) is 0 Å². The molecule has 1 aliphatic carbocycles. The van der Waals surface area contributed by atoms with E-state index in [1.165, 1.54) is 54.4 Å². The Labute approximate surface area is 168 Å². The highest BCUT2D eigenvalue weighted by Crippen LogP contribution is 2.22. The molecule has 5 nitrogen and oxygen atoms in total. The van der Waals surface area contributed by atoms with Crippen LogP contribution in [-0.4, -0.2) is 27.8 Å². The van der Waals surface area contributed by atoms with Crippen LogP contribution in [0, 0.1) is 0 Å². The molecular weight excluding hydrogens is 378 g/mol. The summed E-state index contributed by atoms with van der Waals surface area (Å²) in [6, 6.07) is 1.87. The molecule has 0 spiro atoms. The van der Waals surface area contributed by atoms with Crippen molar-refractivity contribution in [3.8, 4) is 0 Å². The molecule has 0 radical (unpaired) electrons. The van der Waals surface area contributed by atoms with Gasteiger partial charge >= 0.3 is 0 Å². The summed E-state index contributed by atoms with van der Waals surface area (Å²) in [6.07, 6.45) is 10.1. The lowest BCUT2D eigenvalue weighted by atomic mass is 9.97. The van der Waals surface area contributed by atoms with Crippen LogP contribution in [-0.2, 0) is 11.3 Å². The van der Waals surface area contributed by atoms with Gasteiger partial charge in [0.1, 0.15) is 4.70 Å². The van der Waals surface area contributed by atoms with Crippen molar-refractivity contribution in [1.29, 1.82) is 0 Å². The van der Waals surface area contributed by atoms with Crippen molar-refractivity contribution in [2.75, 3.05) is 12.3 Å². The van der Waals surface area contributed by atoms with Gasteiger partial charge in [-0.15, -0.1) is 11.3 Å². The van der Waals surface area contributed by atoms with Gasteiger partial charge in [0.05, 0.1) is 11.3 Å². The van der Waals surface area contributed by atoms with E-state index in [2.05, 4.69) is 23.3 Å². The number of fused-ring (bicyclic) bond motifs is 1. The van der Waals surface area contributed by atoms with Crippen molar-refractivity contribution in [1.82, 2.24) is 14.9 Å². The summed E-state index contributed by atoms with van der Waals surface area (Å²) in [5.41, 5.74) is 2.20. The highest BCUT2D eigenvalue weighted by atomic mass is 32.2. The molecule has 0 fully saturated rings. The van der Waals surface area contributed by atoms with Gasteiger partial charge < -0.3 is 5.32 Å². The molecule has 3 rings (SSSR count). The molecular formula is C20H27N3O2S2. The van der Waals surface area contributed by atoms with Crippen LogP contribution < -0.4 is 10.9 Å². The fourth-order valence-corrected chi connectivity index (χ4v) is 4.86.